The Balaban J connectivity index is 2.59. The largest absolute Gasteiger partial charge is 0.484 e. The lowest BCUT2D eigenvalue weighted by Gasteiger charge is -2.29. The van der Waals surface area contributed by atoms with Crippen LogP contribution in [0, 0.1) is 0 Å². The van der Waals surface area contributed by atoms with Crippen LogP contribution in [-0.4, -0.2) is 42.7 Å². The molecule has 2 rings (SSSR count). The molecule has 11 heteroatoms. The second-order valence-corrected chi connectivity index (χ2v) is 9.24. The molecule has 0 radical (unpaired) electrons. The molecule has 0 aliphatic rings. The Hall–Kier alpha value is -4.02. The number of methoxy groups -OCH3 is 1. The maximum absolute atomic E-state index is 14.2. The van der Waals surface area contributed by atoms with Gasteiger partial charge in [-0.3, -0.25) is 15.2 Å². The fraction of sp³-hybridized carbons (Fsp3) is 0.370. The Morgan fingerprint density at radius 1 is 1.11 bits per heavy atom. The number of hydrogen-bond acceptors (Lipinski definition) is 6. The molecule has 0 spiro atoms. The predicted octanol–water partition coefficient (Wildman–Crippen LogP) is 6.97. The van der Waals surface area contributed by atoms with Crippen LogP contribution >= 0.6 is 0 Å². The van der Waals surface area contributed by atoms with Crippen molar-refractivity contribution in [2.45, 2.75) is 51.6 Å². The summed E-state index contributed by atoms with van der Waals surface area (Å²) >= 11 is 0. The summed E-state index contributed by atoms with van der Waals surface area (Å²) in [5, 5.41) is 5.14. The van der Waals surface area contributed by atoms with Crippen LogP contribution in [0.4, 0.5) is 34.1 Å². The Morgan fingerprint density at radius 3 is 2.39 bits per heavy atom. The maximum atomic E-state index is 14.2. The van der Waals surface area contributed by atoms with Gasteiger partial charge in [0.1, 0.15) is 5.60 Å². The van der Waals surface area contributed by atoms with Crippen molar-refractivity contribution in [3.05, 3.63) is 67.5 Å². The molecule has 0 fully saturated rings. The molecule has 1 heterocycles. The van der Waals surface area contributed by atoms with Gasteiger partial charge in [0.05, 0.1) is 24.5 Å². The molecule has 8 nitrogen and oxygen atoms in total. The van der Waals surface area contributed by atoms with Crippen molar-refractivity contribution in [1.29, 1.82) is 0 Å². The molecular weight excluding hydrogens is 501 g/mol. The number of alkyl carbamates (subject to hydrolysis) is 1. The number of pyridine rings is 1. The molecule has 1 atom stereocenters. The summed E-state index contributed by atoms with van der Waals surface area (Å²) in [6, 6.07) is 6.69. The third-order valence-corrected chi connectivity index (χ3v) is 5.13. The molecular formula is C27H33F3N4O4. The number of alkyl halides is 3. The summed E-state index contributed by atoms with van der Waals surface area (Å²) in [6.45, 7) is 12.0. The number of carbonyl (C=O) groups excluding carboxylic acids is 2. The van der Waals surface area contributed by atoms with Crippen molar-refractivity contribution >= 4 is 23.6 Å². The van der Waals surface area contributed by atoms with Crippen LogP contribution in [0.2, 0.25) is 0 Å². The zero-order chi connectivity index (χ0) is 28.5. The first-order chi connectivity index (χ1) is 17.8. The minimum atomic E-state index is -4.72. The van der Waals surface area contributed by atoms with Gasteiger partial charge in [-0.05, 0) is 63.4 Å². The molecule has 0 saturated heterocycles. The average Bonchev–Trinajstić information content (AvgIpc) is 2.82. The summed E-state index contributed by atoms with van der Waals surface area (Å²) in [7, 11) is 1.15. The number of aromatic nitrogens is 1. The van der Waals surface area contributed by atoms with Crippen LogP contribution in [0.15, 0.2) is 61.8 Å². The topological polar surface area (TPSA) is 92.8 Å². The van der Waals surface area contributed by atoms with Crippen LogP contribution in [-0.2, 0) is 9.47 Å². The van der Waals surface area contributed by atoms with Crippen molar-refractivity contribution in [2.24, 2.45) is 0 Å². The van der Waals surface area contributed by atoms with Gasteiger partial charge in [0.25, 0.3) is 0 Å². The fourth-order valence-electron chi connectivity index (χ4n) is 3.53. The van der Waals surface area contributed by atoms with E-state index in [4.69, 9.17) is 4.74 Å². The minimum absolute atomic E-state index is 0.0659. The van der Waals surface area contributed by atoms with Gasteiger partial charge in [0, 0.05) is 24.0 Å². The second-order valence-electron chi connectivity index (χ2n) is 9.24. The highest BCUT2D eigenvalue weighted by Gasteiger charge is 2.38. The van der Waals surface area contributed by atoms with Gasteiger partial charge in [0.2, 0.25) is 0 Å². The van der Waals surface area contributed by atoms with E-state index in [0.29, 0.717) is 17.7 Å². The van der Waals surface area contributed by atoms with Gasteiger partial charge >= 0.3 is 18.5 Å². The summed E-state index contributed by atoms with van der Waals surface area (Å²) < 4.78 is 52.4. The molecule has 0 unspecified atom stereocenters. The molecule has 2 amide bonds. The molecule has 0 saturated carbocycles. The lowest BCUT2D eigenvalue weighted by molar-refractivity contribution is -0.129. The van der Waals surface area contributed by atoms with E-state index < -0.39 is 30.1 Å². The Morgan fingerprint density at radius 2 is 1.82 bits per heavy atom. The van der Waals surface area contributed by atoms with Crippen LogP contribution in [0.3, 0.4) is 0 Å². The first kappa shape index (κ1) is 30.2. The molecule has 2 aromatic rings. The van der Waals surface area contributed by atoms with Gasteiger partial charge < -0.3 is 14.8 Å². The minimum Gasteiger partial charge on any atom is -0.453 e. The first-order valence-corrected chi connectivity index (χ1v) is 11.8. The molecule has 1 aromatic carbocycles. The smallest absolute Gasteiger partial charge is 0.453 e. The second kappa shape index (κ2) is 13.0. The third-order valence-electron chi connectivity index (χ3n) is 5.13. The van der Waals surface area contributed by atoms with Crippen molar-refractivity contribution in [3.8, 4) is 11.1 Å². The number of rotatable bonds is 10. The van der Waals surface area contributed by atoms with E-state index in [-0.39, 0.29) is 34.8 Å². The van der Waals surface area contributed by atoms with Crippen molar-refractivity contribution in [2.75, 3.05) is 23.9 Å². The standard InChI is InChI=1S/C27H33F3N4O4/c1-7-9-15-34(27(28,29)30)23-17-19(32-24(35)37-6)11-12-20(23)18-13-14-31-22(16-18)21(10-8-2)33-25(36)38-26(3,4)5/h7-8,11-14,16-17,21H,1-2,9-10,15H2,3-6H3,(H,32,35)(H,33,36)/t21-/m0/s1. The predicted molar refractivity (Wildman–Crippen MR) is 141 cm³/mol. The number of ether oxygens (including phenoxy) is 2. The van der Waals surface area contributed by atoms with Crippen LogP contribution in [0.25, 0.3) is 11.1 Å². The molecule has 2 N–H and O–H groups in total. The maximum Gasteiger partial charge on any atom is 0.484 e. The number of nitrogens with one attached hydrogen (secondary N) is 2. The zero-order valence-electron chi connectivity index (χ0n) is 21.9. The van der Waals surface area contributed by atoms with Crippen LogP contribution < -0.4 is 15.5 Å². The quantitative estimate of drug-likeness (QED) is 0.253. The third kappa shape index (κ3) is 8.82. The fourth-order valence-corrected chi connectivity index (χ4v) is 3.53. The van der Waals surface area contributed by atoms with Gasteiger partial charge in [0.15, 0.2) is 0 Å². The highest BCUT2D eigenvalue weighted by molar-refractivity contribution is 5.89. The first-order valence-electron chi connectivity index (χ1n) is 11.8. The number of nitrogens with zero attached hydrogens (tertiary/aromatic N) is 2. The molecule has 1 aromatic heterocycles. The average molecular weight is 535 g/mol. The monoisotopic (exact) mass is 534 g/mol. The van der Waals surface area contributed by atoms with Gasteiger partial charge in [-0.15, -0.1) is 13.2 Å². The molecule has 0 aliphatic carbocycles. The lowest BCUT2D eigenvalue weighted by Crippen LogP contribution is -2.39. The lowest BCUT2D eigenvalue weighted by atomic mass is 10.00. The summed E-state index contributed by atoms with van der Waals surface area (Å²) in [5.41, 5.74) is 0.266. The number of halogens is 3. The van der Waals surface area contributed by atoms with E-state index in [0.717, 1.165) is 7.11 Å². The van der Waals surface area contributed by atoms with E-state index in [2.05, 4.69) is 33.5 Å². The highest BCUT2D eigenvalue weighted by atomic mass is 19.4. The van der Waals surface area contributed by atoms with E-state index >= 15 is 0 Å². The van der Waals surface area contributed by atoms with Crippen LogP contribution in [0.1, 0.15) is 45.3 Å². The number of hydrogen-bond donors (Lipinski definition) is 2. The number of benzene rings is 1. The van der Waals surface area contributed by atoms with Gasteiger partial charge in [-0.1, -0.05) is 18.2 Å². The SMILES string of the molecule is C=CCCN(c1cc(NC(=O)OC)ccc1-c1ccnc([C@H](CC=C)NC(=O)OC(C)(C)C)c1)C(F)(F)F. The Kier molecular flexibility index (Phi) is 10.3. The molecule has 0 aliphatic heterocycles. The molecule has 206 valence electrons. The van der Waals surface area contributed by atoms with Crippen LogP contribution in [0.5, 0.6) is 0 Å². The van der Waals surface area contributed by atoms with Crippen molar-refractivity contribution < 1.29 is 32.2 Å². The Labute approximate surface area is 220 Å². The number of amides is 2. The van der Waals surface area contributed by atoms with Gasteiger partial charge in [-0.25, -0.2) is 9.59 Å². The van der Waals surface area contributed by atoms with E-state index in [9.17, 15) is 22.8 Å². The summed E-state index contributed by atoms with van der Waals surface area (Å²) in [5.74, 6) is 0. The van der Waals surface area contributed by atoms with Crippen molar-refractivity contribution in [3.63, 3.8) is 0 Å². The van der Waals surface area contributed by atoms with Gasteiger partial charge in [-0.2, -0.15) is 13.2 Å². The zero-order valence-corrected chi connectivity index (χ0v) is 21.9. The van der Waals surface area contributed by atoms with Crippen molar-refractivity contribution in [1.82, 2.24) is 10.3 Å². The highest BCUT2D eigenvalue weighted by Crippen LogP contribution is 2.39. The summed E-state index contributed by atoms with van der Waals surface area (Å²) in [4.78, 5) is 28.7. The summed E-state index contributed by atoms with van der Waals surface area (Å²) in [6.07, 6.45) is -1.40. The molecule has 0 bridgehead atoms. The number of anilines is 2. The van der Waals surface area contributed by atoms with E-state index in [1.165, 1.54) is 30.5 Å². The Bertz CT molecular complexity index is 1150. The van der Waals surface area contributed by atoms with E-state index in [1.807, 2.05) is 0 Å². The normalized spacial score (nSPS) is 12.2. The molecule has 38 heavy (non-hydrogen) atoms. The number of carbonyl (C=O) groups is 2. The van der Waals surface area contributed by atoms with E-state index in [1.54, 1.807) is 39.0 Å².